The predicted molar refractivity (Wildman–Crippen MR) is 119 cm³/mol. The second kappa shape index (κ2) is 11.1. The lowest BCUT2D eigenvalue weighted by atomic mass is 10.1. The van der Waals surface area contributed by atoms with E-state index in [0.29, 0.717) is 0 Å². The fraction of sp³-hybridized carbons (Fsp3) is 0.333. The van der Waals surface area contributed by atoms with Gasteiger partial charge in [-0.25, -0.2) is 13.2 Å². The maximum absolute atomic E-state index is 12.8. The standard InChI is InChI=1S/C21H25BrN2O5S/c1-15(17-10-6-7-11-18(17)22)23-20(25)19(12-13-30(2,27)28)24-21(26)29-14-16-8-4-3-5-9-16/h3-11,15,19H,12-14H2,1-2H3,(H,23,25)(H,24,26). The second-order valence-corrected chi connectivity index (χ2v) is 10.0. The number of nitrogens with one attached hydrogen (secondary N) is 2. The van der Waals surface area contributed by atoms with E-state index in [1.807, 2.05) is 42.5 Å². The van der Waals surface area contributed by atoms with E-state index in [1.54, 1.807) is 19.1 Å². The first kappa shape index (κ1) is 23.9. The molecule has 2 aromatic carbocycles. The van der Waals surface area contributed by atoms with Crippen molar-refractivity contribution in [1.82, 2.24) is 10.6 Å². The number of amides is 2. The Morgan fingerprint density at radius 3 is 2.30 bits per heavy atom. The van der Waals surface area contributed by atoms with Crippen LogP contribution in [0, 0.1) is 0 Å². The molecule has 2 N–H and O–H groups in total. The van der Waals surface area contributed by atoms with Gasteiger partial charge in [0.05, 0.1) is 11.8 Å². The van der Waals surface area contributed by atoms with Gasteiger partial charge in [0, 0.05) is 10.7 Å². The van der Waals surface area contributed by atoms with Crippen LogP contribution in [0.3, 0.4) is 0 Å². The summed E-state index contributed by atoms with van der Waals surface area (Å²) in [6.07, 6.45) is 0.230. The molecule has 0 radical (unpaired) electrons. The maximum Gasteiger partial charge on any atom is 0.408 e. The minimum atomic E-state index is -3.31. The highest BCUT2D eigenvalue weighted by atomic mass is 79.9. The highest BCUT2D eigenvalue weighted by Gasteiger charge is 2.25. The van der Waals surface area contributed by atoms with E-state index >= 15 is 0 Å². The van der Waals surface area contributed by atoms with Crippen LogP contribution in [0.2, 0.25) is 0 Å². The quantitative estimate of drug-likeness (QED) is 0.554. The molecule has 2 rings (SSSR count). The van der Waals surface area contributed by atoms with Crippen molar-refractivity contribution in [2.75, 3.05) is 12.0 Å². The molecule has 9 heteroatoms. The van der Waals surface area contributed by atoms with Gasteiger partial charge in [0.15, 0.2) is 0 Å². The number of sulfone groups is 1. The van der Waals surface area contributed by atoms with E-state index in [4.69, 9.17) is 4.74 Å². The van der Waals surface area contributed by atoms with Crippen molar-refractivity contribution in [2.45, 2.75) is 32.0 Å². The zero-order valence-electron chi connectivity index (χ0n) is 16.8. The minimum absolute atomic E-state index is 0.0421. The number of alkyl carbamates (subject to hydrolysis) is 1. The van der Waals surface area contributed by atoms with Gasteiger partial charge < -0.3 is 15.4 Å². The predicted octanol–water partition coefficient (Wildman–Crippen LogP) is 3.36. The molecule has 0 aliphatic rings. The van der Waals surface area contributed by atoms with Crippen molar-refractivity contribution in [2.24, 2.45) is 0 Å². The number of hydrogen-bond donors (Lipinski definition) is 2. The van der Waals surface area contributed by atoms with Gasteiger partial charge in [0.25, 0.3) is 0 Å². The van der Waals surface area contributed by atoms with Crippen molar-refractivity contribution < 1.29 is 22.7 Å². The third-order valence-corrected chi connectivity index (χ3v) is 6.03. The van der Waals surface area contributed by atoms with Gasteiger partial charge in [-0.1, -0.05) is 64.5 Å². The highest BCUT2D eigenvalue weighted by molar-refractivity contribution is 9.10. The maximum atomic E-state index is 12.8. The number of halogens is 1. The van der Waals surface area contributed by atoms with Gasteiger partial charge in [-0.3, -0.25) is 4.79 Å². The van der Waals surface area contributed by atoms with Crippen LogP contribution in [0.1, 0.15) is 30.5 Å². The highest BCUT2D eigenvalue weighted by Crippen LogP contribution is 2.22. The van der Waals surface area contributed by atoms with Gasteiger partial charge in [0.1, 0.15) is 22.5 Å². The average Bonchev–Trinajstić information content (AvgIpc) is 2.69. The van der Waals surface area contributed by atoms with Crippen molar-refractivity contribution in [3.05, 3.63) is 70.2 Å². The fourth-order valence-electron chi connectivity index (χ4n) is 2.73. The van der Waals surface area contributed by atoms with E-state index in [2.05, 4.69) is 26.6 Å². The molecule has 2 unspecified atom stereocenters. The minimum Gasteiger partial charge on any atom is -0.445 e. The van der Waals surface area contributed by atoms with E-state index in [0.717, 1.165) is 21.9 Å². The smallest absolute Gasteiger partial charge is 0.408 e. The number of benzene rings is 2. The van der Waals surface area contributed by atoms with Crippen LogP contribution in [-0.4, -0.2) is 38.5 Å². The molecule has 0 saturated carbocycles. The van der Waals surface area contributed by atoms with Gasteiger partial charge in [-0.05, 0) is 30.5 Å². The molecule has 7 nitrogen and oxygen atoms in total. The molecule has 2 atom stereocenters. The number of carbonyl (C=O) groups excluding carboxylic acids is 2. The molecule has 2 amide bonds. The zero-order chi connectivity index (χ0) is 22.1. The normalized spacial score (nSPS) is 13.2. The lowest BCUT2D eigenvalue weighted by Gasteiger charge is -2.22. The van der Waals surface area contributed by atoms with Gasteiger partial charge in [-0.15, -0.1) is 0 Å². The summed E-state index contributed by atoms with van der Waals surface area (Å²) >= 11 is 3.44. The lowest BCUT2D eigenvalue weighted by Crippen LogP contribution is -2.48. The van der Waals surface area contributed by atoms with Crippen molar-refractivity contribution in [3.8, 4) is 0 Å². The average molecular weight is 497 g/mol. The Bertz CT molecular complexity index is 966. The van der Waals surface area contributed by atoms with Crippen LogP contribution < -0.4 is 10.6 Å². The number of hydrogen-bond acceptors (Lipinski definition) is 5. The summed E-state index contributed by atoms with van der Waals surface area (Å²) in [6.45, 7) is 1.85. The Labute approximate surface area is 185 Å². The molecular formula is C21H25BrN2O5S. The largest absolute Gasteiger partial charge is 0.445 e. The van der Waals surface area contributed by atoms with Crippen molar-refractivity contribution >= 4 is 37.8 Å². The number of ether oxygens (including phenoxy) is 1. The summed E-state index contributed by atoms with van der Waals surface area (Å²) in [5, 5.41) is 5.30. The van der Waals surface area contributed by atoms with Crippen LogP contribution >= 0.6 is 15.9 Å². The molecule has 0 bridgehead atoms. The molecule has 0 aliphatic carbocycles. The molecule has 0 aliphatic heterocycles. The third kappa shape index (κ3) is 8.16. The van der Waals surface area contributed by atoms with E-state index < -0.39 is 27.9 Å². The Morgan fingerprint density at radius 2 is 1.67 bits per heavy atom. The number of rotatable bonds is 9. The summed E-state index contributed by atoms with van der Waals surface area (Å²) < 4.78 is 29.1. The molecule has 0 spiro atoms. The summed E-state index contributed by atoms with van der Waals surface area (Å²) in [5.41, 5.74) is 1.66. The van der Waals surface area contributed by atoms with Crippen LogP contribution in [0.25, 0.3) is 0 Å². The summed E-state index contributed by atoms with van der Waals surface area (Å²) in [6, 6.07) is 15.1. The summed E-state index contributed by atoms with van der Waals surface area (Å²) in [5.74, 6) is -0.730. The number of carbonyl (C=O) groups is 2. The topological polar surface area (TPSA) is 102 Å². The SMILES string of the molecule is CC(NC(=O)C(CCS(C)(=O)=O)NC(=O)OCc1ccccc1)c1ccccc1Br. The monoisotopic (exact) mass is 496 g/mol. The summed E-state index contributed by atoms with van der Waals surface area (Å²) in [7, 11) is -3.31. The first-order valence-electron chi connectivity index (χ1n) is 9.35. The summed E-state index contributed by atoms with van der Waals surface area (Å²) in [4.78, 5) is 25.0. The van der Waals surface area contributed by atoms with Crippen LogP contribution in [0.5, 0.6) is 0 Å². The molecule has 0 saturated heterocycles. The lowest BCUT2D eigenvalue weighted by molar-refractivity contribution is -0.123. The van der Waals surface area contributed by atoms with Crippen molar-refractivity contribution in [3.63, 3.8) is 0 Å². The van der Waals surface area contributed by atoms with Gasteiger partial charge in [0.2, 0.25) is 5.91 Å². The van der Waals surface area contributed by atoms with Crippen LogP contribution in [0.15, 0.2) is 59.1 Å². The molecule has 0 heterocycles. The third-order valence-electron chi connectivity index (χ3n) is 4.33. The molecule has 2 aromatic rings. The van der Waals surface area contributed by atoms with Gasteiger partial charge >= 0.3 is 6.09 Å². The van der Waals surface area contributed by atoms with E-state index in [1.165, 1.54) is 0 Å². The second-order valence-electron chi connectivity index (χ2n) is 6.93. The van der Waals surface area contributed by atoms with Gasteiger partial charge in [-0.2, -0.15) is 0 Å². The molecular weight excluding hydrogens is 472 g/mol. The zero-order valence-corrected chi connectivity index (χ0v) is 19.2. The molecule has 0 fully saturated rings. The Morgan fingerprint density at radius 1 is 1.03 bits per heavy atom. The fourth-order valence-corrected chi connectivity index (χ4v) is 4.02. The molecule has 30 heavy (non-hydrogen) atoms. The van der Waals surface area contributed by atoms with Crippen LogP contribution in [-0.2, 0) is 26.0 Å². The van der Waals surface area contributed by atoms with Crippen LogP contribution in [0.4, 0.5) is 4.79 Å². The Kier molecular flexibility index (Phi) is 8.86. The Balaban J connectivity index is 2.02. The van der Waals surface area contributed by atoms with E-state index in [9.17, 15) is 18.0 Å². The first-order chi connectivity index (χ1) is 14.2. The molecule has 162 valence electrons. The Hall–Kier alpha value is -2.39. The van der Waals surface area contributed by atoms with E-state index in [-0.39, 0.29) is 24.8 Å². The molecule has 0 aromatic heterocycles. The van der Waals surface area contributed by atoms with Crippen molar-refractivity contribution in [1.29, 1.82) is 0 Å². The first-order valence-corrected chi connectivity index (χ1v) is 12.2.